The summed E-state index contributed by atoms with van der Waals surface area (Å²) in [6.45, 7) is 4.65. The van der Waals surface area contributed by atoms with Crippen molar-refractivity contribution in [2.24, 2.45) is 0 Å². The Bertz CT molecular complexity index is 881. The first-order chi connectivity index (χ1) is 13.5. The van der Waals surface area contributed by atoms with Crippen LogP contribution in [0, 0.1) is 6.92 Å². The van der Waals surface area contributed by atoms with E-state index in [-0.39, 0.29) is 24.8 Å². The fourth-order valence-electron chi connectivity index (χ4n) is 3.02. The quantitative estimate of drug-likeness (QED) is 0.828. The van der Waals surface area contributed by atoms with Crippen LogP contribution in [0.5, 0.6) is 17.2 Å². The van der Waals surface area contributed by atoms with Gasteiger partial charge in [-0.05, 0) is 36.8 Å². The van der Waals surface area contributed by atoms with E-state index >= 15 is 0 Å². The van der Waals surface area contributed by atoms with Gasteiger partial charge in [-0.25, -0.2) is 0 Å². The van der Waals surface area contributed by atoms with Crippen LogP contribution in [-0.4, -0.2) is 38.7 Å². The van der Waals surface area contributed by atoms with Crippen molar-refractivity contribution in [3.05, 3.63) is 42.0 Å². The Morgan fingerprint density at radius 2 is 1.86 bits per heavy atom. The minimum Gasteiger partial charge on any atom is -0.495 e. The Kier molecular flexibility index (Phi) is 6.03. The number of anilines is 2. The molecule has 1 N–H and O–H groups in total. The monoisotopic (exact) mass is 384 g/mol. The van der Waals surface area contributed by atoms with Crippen LogP contribution in [0.25, 0.3) is 0 Å². The molecule has 3 rings (SSSR count). The zero-order chi connectivity index (χ0) is 20.1. The number of nitrogens with one attached hydrogen (secondary N) is 1. The number of carbonyl (C=O) groups is 2. The molecule has 2 amide bonds. The van der Waals surface area contributed by atoms with E-state index in [1.165, 1.54) is 6.92 Å². The zero-order valence-corrected chi connectivity index (χ0v) is 16.3. The summed E-state index contributed by atoms with van der Waals surface area (Å²) in [4.78, 5) is 26.1. The molecule has 0 saturated heterocycles. The molecule has 2 aromatic rings. The van der Waals surface area contributed by atoms with Gasteiger partial charge in [-0.3, -0.25) is 9.59 Å². The van der Waals surface area contributed by atoms with Crippen LogP contribution in [0.4, 0.5) is 11.4 Å². The van der Waals surface area contributed by atoms with Crippen molar-refractivity contribution in [1.29, 1.82) is 0 Å². The molecule has 7 heteroatoms. The highest BCUT2D eigenvalue weighted by molar-refractivity contribution is 5.96. The van der Waals surface area contributed by atoms with Crippen LogP contribution in [0.3, 0.4) is 0 Å². The van der Waals surface area contributed by atoms with Gasteiger partial charge in [0.1, 0.15) is 19.0 Å². The minimum absolute atomic E-state index is 0.144. The van der Waals surface area contributed by atoms with E-state index in [2.05, 4.69) is 5.32 Å². The molecule has 1 aliphatic rings. The van der Waals surface area contributed by atoms with Crippen LogP contribution in [0.1, 0.15) is 18.9 Å². The summed E-state index contributed by atoms with van der Waals surface area (Å²) < 4.78 is 16.4. The second-order valence-corrected chi connectivity index (χ2v) is 6.50. The summed E-state index contributed by atoms with van der Waals surface area (Å²) in [5.74, 6) is 1.51. The maximum Gasteiger partial charge on any atom is 0.226 e. The molecule has 0 fully saturated rings. The van der Waals surface area contributed by atoms with Crippen LogP contribution in [0.15, 0.2) is 36.4 Å². The number of carbonyl (C=O) groups excluding carboxylic acids is 2. The Morgan fingerprint density at radius 3 is 2.57 bits per heavy atom. The third kappa shape index (κ3) is 4.54. The Balaban J connectivity index is 1.66. The lowest BCUT2D eigenvalue weighted by Crippen LogP contribution is -2.32. The van der Waals surface area contributed by atoms with Crippen molar-refractivity contribution in [1.82, 2.24) is 0 Å². The summed E-state index contributed by atoms with van der Waals surface area (Å²) in [7, 11) is 1.56. The number of aryl methyl sites for hydroxylation is 1. The van der Waals surface area contributed by atoms with Crippen molar-refractivity contribution in [3.63, 3.8) is 0 Å². The molecule has 0 unspecified atom stereocenters. The van der Waals surface area contributed by atoms with E-state index in [4.69, 9.17) is 14.2 Å². The molecule has 0 bridgehead atoms. The van der Waals surface area contributed by atoms with Gasteiger partial charge in [0.2, 0.25) is 11.8 Å². The molecule has 28 heavy (non-hydrogen) atoms. The first-order valence-corrected chi connectivity index (χ1v) is 9.10. The smallest absolute Gasteiger partial charge is 0.226 e. The molecule has 0 saturated carbocycles. The summed E-state index contributed by atoms with van der Waals surface area (Å²) in [6.07, 6.45) is 0.144. The molecule has 0 aliphatic carbocycles. The average molecular weight is 384 g/mol. The van der Waals surface area contributed by atoms with Gasteiger partial charge in [-0.1, -0.05) is 6.07 Å². The highest BCUT2D eigenvalue weighted by Gasteiger charge is 2.18. The van der Waals surface area contributed by atoms with Crippen molar-refractivity contribution < 1.29 is 23.8 Å². The van der Waals surface area contributed by atoms with Crippen LogP contribution in [-0.2, 0) is 9.59 Å². The van der Waals surface area contributed by atoms with E-state index in [1.807, 2.05) is 25.1 Å². The normalized spacial score (nSPS) is 12.2. The predicted molar refractivity (Wildman–Crippen MR) is 106 cm³/mol. The lowest BCUT2D eigenvalue weighted by atomic mass is 10.1. The first kappa shape index (κ1) is 19.5. The Hall–Kier alpha value is -3.22. The SMILES string of the molecule is COc1ccc(C)cc1N(CCC(=O)Nc1ccc2c(c1)OCCO2)C(C)=O. The number of amides is 2. The lowest BCUT2D eigenvalue weighted by molar-refractivity contribution is -0.117. The van der Waals surface area contributed by atoms with Gasteiger partial charge in [-0.2, -0.15) is 0 Å². The van der Waals surface area contributed by atoms with E-state index in [1.54, 1.807) is 30.2 Å². The number of methoxy groups -OCH3 is 1. The third-order valence-corrected chi connectivity index (χ3v) is 4.39. The molecular weight excluding hydrogens is 360 g/mol. The number of nitrogens with zero attached hydrogens (tertiary/aromatic N) is 1. The molecule has 0 radical (unpaired) electrons. The molecule has 0 atom stereocenters. The maximum absolute atomic E-state index is 12.4. The number of hydrogen-bond donors (Lipinski definition) is 1. The van der Waals surface area contributed by atoms with Gasteiger partial charge in [0.05, 0.1) is 12.8 Å². The predicted octanol–water partition coefficient (Wildman–Crippen LogP) is 3.16. The third-order valence-electron chi connectivity index (χ3n) is 4.39. The molecule has 1 heterocycles. The number of benzene rings is 2. The van der Waals surface area contributed by atoms with Gasteiger partial charge < -0.3 is 24.4 Å². The molecule has 1 aliphatic heterocycles. The van der Waals surface area contributed by atoms with Crippen molar-refractivity contribution in [3.8, 4) is 17.2 Å². The summed E-state index contributed by atoms with van der Waals surface area (Å²) in [5, 5.41) is 2.83. The van der Waals surface area contributed by atoms with Gasteiger partial charge in [0.15, 0.2) is 11.5 Å². The average Bonchev–Trinajstić information content (AvgIpc) is 2.68. The largest absolute Gasteiger partial charge is 0.495 e. The van der Waals surface area contributed by atoms with Crippen molar-refractivity contribution >= 4 is 23.2 Å². The summed E-state index contributed by atoms with van der Waals surface area (Å²) >= 11 is 0. The van der Waals surface area contributed by atoms with E-state index < -0.39 is 0 Å². The molecule has 0 aromatic heterocycles. The fourth-order valence-corrected chi connectivity index (χ4v) is 3.02. The second-order valence-electron chi connectivity index (χ2n) is 6.50. The van der Waals surface area contributed by atoms with Crippen LogP contribution >= 0.6 is 0 Å². The van der Waals surface area contributed by atoms with E-state index in [0.29, 0.717) is 41.8 Å². The van der Waals surface area contributed by atoms with E-state index in [0.717, 1.165) is 5.56 Å². The molecule has 0 spiro atoms. The standard InChI is InChI=1S/C21H24N2O5/c1-14-4-6-18(26-3)17(12-14)23(15(2)24)9-8-21(25)22-16-5-7-19-20(13-16)28-11-10-27-19/h4-7,12-13H,8-11H2,1-3H3,(H,22,25). The highest BCUT2D eigenvalue weighted by atomic mass is 16.6. The number of ether oxygens (including phenoxy) is 3. The molecule has 7 nitrogen and oxygen atoms in total. The molecule has 2 aromatic carbocycles. The molecule has 148 valence electrons. The summed E-state index contributed by atoms with van der Waals surface area (Å²) in [6, 6.07) is 10.9. The molecular formula is C21H24N2O5. The van der Waals surface area contributed by atoms with Gasteiger partial charge in [0.25, 0.3) is 0 Å². The maximum atomic E-state index is 12.4. The number of rotatable bonds is 6. The van der Waals surface area contributed by atoms with Crippen LogP contribution in [0.2, 0.25) is 0 Å². The number of hydrogen-bond acceptors (Lipinski definition) is 5. The fraction of sp³-hybridized carbons (Fsp3) is 0.333. The summed E-state index contributed by atoms with van der Waals surface area (Å²) in [5.41, 5.74) is 2.28. The Labute approximate surface area is 164 Å². The Morgan fingerprint density at radius 1 is 1.11 bits per heavy atom. The second kappa shape index (κ2) is 8.65. The van der Waals surface area contributed by atoms with Crippen LogP contribution < -0.4 is 24.4 Å². The minimum atomic E-state index is -0.199. The first-order valence-electron chi connectivity index (χ1n) is 9.10. The number of fused-ring (bicyclic) bond motifs is 1. The topological polar surface area (TPSA) is 77.1 Å². The van der Waals surface area contributed by atoms with Gasteiger partial charge in [0, 0.05) is 31.6 Å². The highest BCUT2D eigenvalue weighted by Crippen LogP contribution is 2.33. The van der Waals surface area contributed by atoms with E-state index in [9.17, 15) is 9.59 Å². The van der Waals surface area contributed by atoms with Gasteiger partial charge >= 0.3 is 0 Å². The van der Waals surface area contributed by atoms with Crippen molar-refractivity contribution in [2.45, 2.75) is 20.3 Å². The lowest BCUT2D eigenvalue weighted by Gasteiger charge is -2.23. The van der Waals surface area contributed by atoms with Crippen molar-refractivity contribution in [2.75, 3.05) is 37.1 Å². The zero-order valence-electron chi connectivity index (χ0n) is 16.3. The van der Waals surface area contributed by atoms with Gasteiger partial charge in [-0.15, -0.1) is 0 Å².